The summed E-state index contributed by atoms with van der Waals surface area (Å²) in [5.74, 6) is -1.35. The fourth-order valence-electron chi connectivity index (χ4n) is 1.23. The van der Waals surface area contributed by atoms with Crippen molar-refractivity contribution in [2.24, 2.45) is 0 Å². The molecule has 0 aliphatic rings. The summed E-state index contributed by atoms with van der Waals surface area (Å²) in [6.07, 6.45) is -4.43. The van der Waals surface area contributed by atoms with Gasteiger partial charge in [0, 0.05) is 0 Å². The number of hydrogen-bond donors (Lipinski definition) is 1. The Morgan fingerprint density at radius 1 is 1.27 bits per heavy atom. The van der Waals surface area contributed by atoms with Crippen molar-refractivity contribution in [3.63, 3.8) is 0 Å². The molecule has 0 aliphatic carbocycles. The van der Waals surface area contributed by atoms with Crippen LogP contribution < -0.4 is 4.74 Å². The monoisotopic (exact) mass is 220 g/mol. The van der Waals surface area contributed by atoms with Crippen molar-refractivity contribution >= 4 is 0 Å². The topological polar surface area (TPSA) is 29.5 Å². The van der Waals surface area contributed by atoms with Crippen molar-refractivity contribution in [2.45, 2.75) is 12.1 Å². The summed E-state index contributed by atoms with van der Waals surface area (Å²) in [6.45, 7) is -0.949. The first kappa shape index (κ1) is 11.8. The first-order chi connectivity index (χ1) is 6.99. The predicted octanol–water partition coefficient (Wildman–Crippen LogP) is 2.33. The smallest absolute Gasteiger partial charge is 0.397 e. The molecule has 0 saturated carbocycles. The second-order valence-corrected chi connectivity index (χ2v) is 3.05. The largest absolute Gasteiger partial charge is 0.497 e. The lowest BCUT2D eigenvalue weighted by molar-refractivity contribution is -0.158. The highest BCUT2D eigenvalue weighted by Crippen LogP contribution is 2.34. The lowest BCUT2D eigenvalue weighted by Gasteiger charge is -2.18. The molecule has 1 aromatic rings. The van der Waals surface area contributed by atoms with E-state index in [0.717, 1.165) is 0 Å². The van der Waals surface area contributed by atoms with Crippen LogP contribution in [0.2, 0.25) is 0 Å². The molecule has 1 atom stereocenters. The molecule has 0 saturated heterocycles. The van der Waals surface area contributed by atoms with Crippen molar-refractivity contribution < 1.29 is 23.0 Å². The zero-order valence-corrected chi connectivity index (χ0v) is 8.08. The maximum atomic E-state index is 12.4. The van der Waals surface area contributed by atoms with Crippen molar-refractivity contribution in [3.05, 3.63) is 29.8 Å². The molecule has 1 N–H and O–H groups in total. The summed E-state index contributed by atoms with van der Waals surface area (Å²) in [5, 5.41) is 8.69. The van der Waals surface area contributed by atoms with Gasteiger partial charge in [-0.05, 0) is 17.7 Å². The molecule has 0 fully saturated rings. The summed E-state index contributed by atoms with van der Waals surface area (Å²) in [5.41, 5.74) is 0.0331. The number of aliphatic hydroxyl groups is 1. The van der Waals surface area contributed by atoms with Crippen LogP contribution in [0.15, 0.2) is 24.3 Å². The third kappa shape index (κ3) is 2.86. The number of methoxy groups -OCH3 is 1. The van der Waals surface area contributed by atoms with E-state index in [1.165, 1.54) is 31.4 Å². The number of halogens is 3. The Balaban J connectivity index is 2.93. The molecular formula is C10H11F3O2. The molecule has 0 heterocycles. The molecule has 0 amide bonds. The van der Waals surface area contributed by atoms with Crippen LogP contribution in [0.5, 0.6) is 5.75 Å². The van der Waals surface area contributed by atoms with Crippen LogP contribution in [0.25, 0.3) is 0 Å². The molecule has 2 nitrogen and oxygen atoms in total. The average Bonchev–Trinajstić information content (AvgIpc) is 2.18. The normalized spacial score (nSPS) is 13.7. The van der Waals surface area contributed by atoms with Gasteiger partial charge in [-0.3, -0.25) is 0 Å². The second-order valence-electron chi connectivity index (χ2n) is 3.05. The summed E-state index contributed by atoms with van der Waals surface area (Å²) >= 11 is 0. The Hall–Kier alpha value is -1.23. The highest BCUT2D eigenvalue weighted by Gasteiger charge is 2.40. The summed E-state index contributed by atoms with van der Waals surface area (Å²) < 4.78 is 42.0. The molecule has 0 spiro atoms. The first-order valence-corrected chi connectivity index (χ1v) is 4.30. The van der Waals surface area contributed by atoms with E-state index in [4.69, 9.17) is 9.84 Å². The molecule has 1 rings (SSSR count). The van der Waals surface area contributed by atoms with E-state index in [2.05, 4.69) is 0 Å². The zero-order valence-electron chi connectivity index (χ0n) is 8.08. The van der Waals surface area contributed by atoms with Gasteiger partial charge in [0.05, 0.1) is 13.7 Å². The summed E-state index contributed by atoms with van der Waals surface area (Å²) in [6, 6.07) is 5.47. The van der Waals surface area contributed by atoms with Crippen LogP contribution in [0, 0.1) is 0 Å². The molecular weight excluding hydrogens is 209 g/mol. The number of hydrogen-bond acceptors (Lipinski definition) is 2. The molecule has 0 bridgehead atoms. The molecule has 5 heteroatoms. The highest BCUT2D eigenvalue weighted by atomic mass is 19.4. The van der Waals surface area contributed by atoms with E-state index in [1.807, 2.05) is 0 Å². The van der Waals surface area contributed by atoms with Gasteiger partial charge in [-0.15, -0.1) is 0 Å². The van der Waals surface area contributed by atoms with E-state index >= 15 is 0 Å². The van der Waals surface area contributed by atoms with E-state index in [9.17, 15) is 13.2 Å². The minimum atomic E-state index is -4.43. The van der Waals surface area contributed by atoms with E-state index in [0.29, 0.717) is 5.75 Å². The Morgan fingerprint density at radius 2 is 1.80 bits per heavy atom. The van der Waals surface area contributed by atoms with Gasteiger partial charge < -0.3 is 9.84 Å². The minimum Gasteiger partial charge on any atom is -0.497 e. The van der Waals surface area contributed by atoms with Crippen LogP contribution in [-0.2, 0) is 0 Å². The number of benzene rings is 1. The van der Waals surface area contributed by atoms with Crippen LogP contribution in [0.3, 0.4) is 0 Å². The van der Waals surface area contributed by atoms with Gasteiger partial charge in [-0.1, -0.05) is 12.1 Å². The second kappa shape index (κ2) is 4.53. The number of alkyl halides is 3. The average molecular weight is 220 g/mol. The highest BCUT2D eigenvalue weighted by molar-refractivity contribution is 5.30. The molecule has 1 aromatic carbocycles. The van der Waals surface area contributed by atoms with Crippen molar-refractivity contribution in [1.82, 2.24) is 0 Å². The molecule has 15 heavy (non-hydrogen) atoms. The zero-order chi connectivity index (χ0) is 11.5. The number of aliphatic hydroxyl groups excluding tert-OH is 1. The fraction of sp³-hybridized carbons (Fsp3) is 0.400. The third-order valence-corrected chi connectivity index (χ3v) is 2.10. The summed E-state index contributed by atoms with van der Waals surface area (Å²) in [7, 11) is 1.43. The van der Waals surface area contributed by atoms with Crippen LogP contribution in [0.4, 0.5) is 13.2 Å². The lowest BCUT2D eigenvalue weighted by atomic mass is 9.99. The van der Waals surface area contributed by atoms with Crippen LogP contribution in [-0.4, -0.2) is 25.0 Å². The van der Waals surface area contributed by atoms with Gasteiger partial charge in [0.15, 0.2) is 0 Å². The van der Waals surface area contributed by atoms with Gasteiger partial charge in [-0.25, -0.2) is 0 Å². The van der Waals surface area contributed by atoms with E-state index in [1.54, 1.807) is 0 Å². The van der Waals surface area contributed by atoms with E-state index in [-0.39, 0.29) is 5.56 Å². The minimum absolute atomic E-state index is 0.0331. The molecule has 0 radical (unpaired) electrons. The summed E-state index contributed by atoms with van der Waals surface area (Å²) in [4.78, 5) is 0. The fourth-order valence-corrected chi connectivity index (χ4v) is 1.23. The van der Waals surface area contributed by atoms with Gasteiger partial charge in [0.25, 0.3) is 0 Å². The standard InChI is InChI=1S/C10H11F3O2/c1-15-8-4-2-7(3-5-8)9(6-14)10(11,12)13/h2-5,9,14H,6H2,1H3. The SMILES string of the molecule is COc1ccc(C(CO)C(F)(F)F)cc1. The Kier molecular flexibility index (Phi) is 3.57. The first-order valence-electron chi connectivity index (χ1n) is 4.30. The number of rotatable bonds is 3. The number of ether oxygens (including phenoxy) is 1. The molecule has 0 aliphatic heterocycles. The van der Waals surface area contributed by atoms with Gasteiger partial charge in [-0.2, -0.15) is 13.2 Å². The maximum absolute atomic E-state index is 12.4. The predicted molar refractivity (Wildman–Crippen MR) is 48.9 cm³/mol. The quantitative estimate of drug-likeness (QED) is 0.847. The Bertz CT molecular complexity index is 305. The third-order valence-electron chi connectivity index (χ3n) is 2.10. The van der Waals surface area contributed by atoms with Crippen molar-refractivity contribution in [3.8, 4) is 5.75 Å². The molecule has 84 valence electrons. The Morgan fingerprint density at radius 3 is 2.13 bits per heavy atom. The van der Waals surface area contributed by atoms with E-state index < -0.39 is 18.7 Å². The van der Waals surface area contributed by atoms with Gasteiger partial charge in [0.2, 0.25) is 0 Å². The Labute approximate surface area is 85.3 Å². The van der Waals surface area contributed by atoms with Crippen molar-refractivity contribution in [2.75, 3.05) is 13.7 Å². The molecule has 1 unspecified atom stereocenters. The lowest BCUT2D eigenvalue weighted by Crippen LogP contribution is -2.23. The van der Waals surface area contributed by atoms with Crippen LogP contribution >= 0.6 is 0 Å². The maximum Gasteiger partial charge on any atom is 0.397 e. The van der Waals surface area contributed by atoms with Gasteiger partial charge in [0.1, 0.15) is 11.7 Å². The van der Waals surface area contributed by atoms with Crippen LogP contribution in [0.1, 0.15) is 11.5 Å². The molecule has 0 aromatic heterocycles. The van der Waals surface area contributed by atoms with Gasteiger partial charge >= 0.3 is 6.18 Å². The van der Waals surface area contributed by atoms with Crippen molar-refractivity contribution in [1.29, 1.82) is 0 Å².